The van der Waals surface area contributed by atoms with Gasteiger partial charge in [0, 0.05) is 12.5 Å². The van der Waals surface area contributed by atoms with E-state index in [1.807, 2.05) is 13.8 Å². The van der Waals surface area contributed by atoms with Crippen molar-refractivity contribution in [2.24, 2.45) is 0 Å². The summed E-state index contributed by atoms with van der Waals surface area (Å²) in [5.74, 6) is 0.212. The molecule has 0 rings (SSSR count). The summed E-state index contributed by atoms with van der Waals surface area (Å²) in [6.07, 6.45) is 11.1. The summed E-state index contributed by atoms with van der Waals surface area (Å²) < 4.78 is 0. The van der Waals surface area contributed by atoms with E-state index < -0.39 is 0 Å². The fourth-order valence-electron chi connectivity index (χ4n) is 1.96. The fourth-order valence-corrected chi connectivity index (χ4v) is 1.96. The van der Waals surface area contributed by atoms with E-state index in [1.54, 1.807) is 11.1 Å². The van der Waals surface area contributed by atoms with Crippen LogP contribution in [0.15, 0.2) is 12.8 Å². The van der Waals surface area contributed by atoms with Crippen LogP contribution in [0.4, 0.5) is 0 Å². The van der Waals surface area contributed by atoms with Gasteiger partial charge in [-0.1, -0.05) is 52.0 Å². The molecule has 0 N–H and O–H groups in total. The average Bonchev–Trinajstić information content (AvgIpc) is 2.28. The molecule has 0 aromatic heterocycles. The molecule has 0 unspecified atom stereocenters. The summed E-state index contributed by atoms with van der Waals surface area (Å²) in [4.78, 5) is 13.5. The highest BCUT2D eigenvalue weighted by atomic mass is 16.2. The van der Waals surface area contributed by atoms with Gasteiger partial charge in [0.25, 0.3) is 0 Å². The number of rotatable bonds is 10. The third kappa shape index (κ3) is 8.00. The molecule has 0 spiro atoms. The van der Waals surface area contributed by atoms with E-state index in [2.05, 4.69) is 13.5 Å². The number of hydrogen-bond acceptors (Lipinski definition) is 1. The van der Waals surface area contributed by atoms with Gasteiger partial charge in [-0.15, -0.1) is 0 Å². The van der Waals surface area contributed by atoms with Gasteiger partial charge in [0.05, 0.1) is 0 Å². The van der Waals surface area contributed by atoms with Gasteiger partial charge >= 0.3 is 0 Å². The van der Waals surface area contributed by atoms with Crippen LogP contribution in [-0.4, -0.2) is 16.8 Å². The van der Waals surface area contributed by atoms with Crippen molar-refractivity contribution >= 4 is 5.91 Å². The third-order valence-corrected chi connectivity index (χ3v) is 3.04. The predicted molar refractivity (Wildman–Crippen MR) is 74.8 cm³/mol. The van der Waals surface area contributed by atoms with Crippen LogP contribution in [0.25, 0.3) is 0 Å². The molecule has 0 saturated heterocycles. The Morgan fingerprint density at radius 3 is 2.12 bits per heavy atom. The normalized spacial score (nSPS) is 10.6. The summed E-state index contributed by atoms with van der Waals surface area (Å²) >= 11 is 0. The lowest BCUT2D eigenvalue weighted by Gasteiger charge is -2.22. The lowest BCUT2D eigenvalue weighted by molar-refractivity contribution is -0.130. The Kier molecular flexibility index (Phi) is 9.89. The van der Waals surface area contributed by atoms with Crippen LogP contribution in [0.3, 0.4) is 0 Å². The van der Waals surface area contributed by atoms with Crippen LogP contribution in [0.5, 0.6) is 0 Å². The molecule has 0 aliphatic heterocycles. The Hall–Kier alpha value is -0.790. The minimum atomic E-state index is 0.212. The zero-order chi connectivity index (χ0) is 13.1. The van der Waals surface area contributed by atoms with Crippen molar-refractivity contribution in [2.45, 2.75) is 78.2 Å². The van der Waals surface area contributed by atoms with Gasteiger partial charge in [-0.05, 0) is 26.5 Å². The molecule has 2 heteroatoms. The van der Waals surface area contributed by atoms with E-state index in [4.69, 9.17) is 0 Å². The number of hydrogen-bond donors (Lipinski definition) is 0. The monoisotopic (exact) mass is 239 g/mol. The Morgan fingerprint density at radius 2 is 1.65 bits per heavy atom. The van der Waals surface area contributed by atoms with E-state index in [0.29, 0.717) is 6.42 Å². The van der Waals surface area contributed by atoms with E-state index >= 15 is 0 Å². The maximum absolute atomic E-state index is 11.8. The van der Waals surface area contributed by atoms with Crippen molar-refractivity contribution < 1.29 is 4.79 Å². The van der Waals surface area contributed by atoms with Crippen LogP contribution in [0.1, 0.15) is 72.1 Å². The quantitative estimate of drug-likeness (QED) is 0.514. The van der Waals surface area contributed by atoms with Crippen LogP contribution >= 0.6 is 0 Å². The van der Waals surface area contributed by atoms with Gasteiger partial charge in [-0.25, -0.2) is 0 Å². The molecule has 0 aromatic rings. The molecule has 0 saturated carbocycles. The average molecular weight is 239 g/mol. The number of carbonyl (C=O) groups is 1. The van der Waals surface area contributed by atoms with E-state index in [9.17, 15) is 4.79 Å². The van der Waals surface area contributed by atoms with Crippen LogP contribution in [0.2, 0.25) is 0 Å². The molecule has 0 aromatic carbocycles. The van der Waals surface area contributed by atoms with Crippen molar-refractivity contribution in [3.8, 4) is 0 Å². The van der Waals surface area contributed by atoms with Gasteiger partial charge in [-0.2, -0.15) is 0 Å². The summed E-state index contributed by atoms with van der Waals surface area (Å²) in [6, 6.07) is 0.226. The molecule has 0 aliphatic rings. The van der Waals surface area contributed by atoms with Gasteiger partial charge in [-0.3, -0.25) is 4.79 Å². The highest BCUT2D eigenvalue weighted by Crippen LogP contribution is 2.10. The van der Waals surface area contributed by atoms with Crippen LogP contribution in [0, 0.1) is 0 Å². The third-order valence-electron chi connectivity index (χ3n) is 3.04. The molecule has 0 aliphatic carbocycles. The molecule has 17 heavy (non-hydrogen) atoms. The largest absolute Gasteiger partial charge is 0.317 e. The zero-order valence-electron chi connectivity index (χ0n) is 11.9. The van der Waals surface area contributed by atoms with Crippen molar-refractivity contribution in [2.75, 3.05) is 0 Å². The van der Waals surface area contributed by atoms with Crippen LogP contribution in [-0.2, 0) is 4.79 Å². The van der Waals surface area contributed by atoms with E-state index in [-0.39, 0.29) is 11.9 Å². The Balaban J connectivity index is 3.53. The lowest BCUT2D eigenvalue weighted by Crippen LogP contribution is -2.31. The maximum atomic E-state index is 11.8. The molecule has 0 fully saturated rings. The first-order valence-corrected chi connectivity index (χ1v) is 7.07. The van der Waals surface area contributed by atoms with Gasteiger partial charge in [0.15, 0.2) is 0 Å². The lowest BCUT2D eigenvalue weighted by atomic mass is 10.1. The second kappa shape index (κ2) is 10.4. The molecule has 0 atom stereocenters. The maximum Gasteiger partial charge on any atom is 0.226 e. The molecule has 0 heterocycles. The second-order valence-corrected chi connectivity index (χ2v) is 4.95. The number of nitrogens with zero attached hydrogens (tertiary/aromatic N) is 1. The van der Waals surface area contributed by atoms with Crippen molar-refractivity contribution in [3.05, 3.63) is 12.8 Å². The summed E-state index contributed by atoms with van der Waals surface area (Å²) in [5, 5.41) is 0. The topological polar surface area (TPSA) is 20.3 Å². The molecule has 2 nitrogen and oxygen atoms in total. The van der Waals surface area contributed by atoms with Crippen molar-refractivity contribution in [1.29, 1.82) is 0 Å². The SMILES string of the molecule is C=CN(C(=O)CCCCCCCCC)C(C)C. The van der Waals surface area contributed by atoms with E-state index in [1.165, 1.54) is 38.5 Å². The first-order chi connectivity index (χ1) is 8.13. The predicted octanol–water partition coefficient (Wildman–Crippen LogP) is 4.51. The number of carbonyl (C=O) groups excluding carboxylic acids is 1. The smallest absolute Gasteiger partial charge is 0.226 e. The van der Waals surface area contributed by atoms with Gasteiger partial charge in [0.2, 0.25) is 5.91 Å². The molecule has 1 amide bonds. The second-order valence-electron chi connectivity index (χ2n) is 4.95. The highest BCUT2D eigenvalue weighted by Gasteiger charge is 2.12. The molecule has 0 bridgehead atoms. The van der Waals surface area contributed by atoms with Crippen molar-refractivity contribution in [3.63, 3.8) is 0 Å². The Bertz CT molecular complexity index is 211. The van der Waals surface area contributed by atoms with Crippen LogP contribution < -0.4 is 0 Å². The molecule has 0 radical (unpaired) electrons. The number of unbranched alkanes of at least 4 members (excludes halogenated alkanes) is 6. The van der Waals surface area contributed by atoms with Gasteiger partial charge in [0.1, 0.15) is 0 Å². The van der Waals surface area contributed by atoms with E-state index in [0.717, 1.165) is 6.42 Å². The molecular formula is C15H29NO. The minimum absolute atomic E-state index is 0.212. The Morgan fingerprint density at radius 1 is 1.12 bits per heavy atom. The Labute approximate surface area is 107 Å². The summed E-state index contributed by atoms with van der Waals surface area (Å²) in [7, 11) is 0. The fraction of sp³-hybridized carbons (Fsp3) is 0.800. The summed E-state index contributed by atoms with van der Waals surface area (Å²) in [5.41, 5.74) is 0. The standard InChI is InChI=1S/C15H29NO/c1-5-7-8-9-10-11-12-13-15(17)16(6-2)14(3)4/h6,14H,2,5,7-13H2,1,3-4H3. The highest BCUT2D eigenvalue weighted by molar-refractivity contribution is 5.77. The minimum Gasteiger partial charge on any atom is -0.317 e. The number of amides is 1. The molecule has 100 valence electrons. The first kappa shape index (κ1) is 16.2. The zero-order valence-corrected chi connectivity index (χ0v) is 11.9. The molecular weight excluding hydrogens is 210 g/mol. The summed E-state index contributed by atoms with van der Waals surface area (Å²) in [6.45, 7) is 9.95. The van der Waals surface area contributed by atoms with Crippen molar-refractivity contribution in [1.82, 2.24) is 4.90 Å². The van der Waals surface area contributed by atoms with Gasteiger partial charge < -0.3 is 4.90 Å². The first-order valence-electron chi connectivity index (χ1n) is 7.07.